The predicted molar refractivity (Wildman–Crippen MR) is 71.4 cm³/mol. The van der Waals surface area contributed by atoms with Crippen LogP contribution in [0.4, 0.5) is 16.2 Å². The number of urea groups is 1. The third kappa shape index (κ3) is 4.47. The summed E-state index contributed by atoms with van der Waals surface area (Å²) in [5.74, 6) is -1.38. The van der Waals surface area contributed by atoms with Gasteiger partial charge in [-0.1, -0.05) is 12.1 Å². The fourth-order valence-electron chi connectivity index (χ4n) is 1.41. The molecule has 0 heterocycles. The Balaban J connectivity index is 2.60. The van der Waals surface area contributed by atoms with E-state index in [9.17, 15) is 9.59 Å². The Hall–Kier alpha value is -2.28. The number of nitrogens with zero attached hydrogens (tertiary/aromatic N) is 1. The Morgan fingerprint density at radius 2 is 1.95 bits per heavy atom. The second kappa shape index (κ2) is 6.60. The average Bonchev–Trinajstić information content (AvgIpc) is 2.36. The van der Waals surface area contributed by atoms with Gasteiger partial charge in [-0.05, 0) is 12.1 Å². The zero-order valence-corrected chi connectivity index (χ0v) is 10.8. The fraction of sp³-hybridized carbons (Fsp3) is 0.333. The van der Waals surface area contributed by atoms with E-state index in [0.717, 1.165) is 5.69 Å². The molecule has 1 aromatic carbocycles. The van der Waals surface area contributed by atoms with Gasteiger partial charge in [-0.25, -0.2) is 9.59 Å². The normalized spacial score (nSPS) is 11.5. The SMILES string of the molecule is CN(C)c1ccccc1NC(=O)NC[C@H](O)C(=O)O. The van der Waals surface area contributed by atoms with Gasteiger partial charge in [0, 0.05) is 14.1 Å². The van der Waals surface area contributed by atoms with Gasteiger partial charge in [0.2, 0.25) is 0 Å². The number of carboxylic acid groups (broad SMARTS) is 1. The van der Waals surface area contributed by atoms with Crippen molar-refractivity contribution >= 4 is 23.4 Å². The molecular weight excluding hydrogens is 250 g/mol. The average molecular weight is 267 g/mol. The summed E-state index contributed by atoms with van der Waals surface area (Å²) in [6.45, 7) is -0.356. The third-order valence-corrected chi connectivity index (χ3v) is 2.38. The first-order valence-electron chi connectivity index (χ1n) is 5.64. The topological polar surface area (TPSA) is 102 Å². The number of anilines is 2. The van der Waals surface area contributed by atoms with E-state index in [1.54, 1.807) is 12.1 Å². The molecule has 7 nitrogen and oxygen atoms in total. The Kier molecular flexibility index (Phi) is 5.13. The Bertz CT molecular complexity index is 462. The van der Waals surface area contributed by atoms with E-state index in [2.05, 4.69) is 10.6 Å². The number of aliphatic carboxylic acids is 1. The number of amides is 2. The van der Waals surface area contributed by atoms with E-state index < -0.39 is 18.1 Å². The van der Waals surface area contributed by atoms with Crippen LogP contribution in [0.1, 0.15) is 0 Å². The van der Waals surface area contributed by atoms with Crippen molar-refractivity contribution in [3.63, 3.8) is 0 Å². The molecule has 0 saturated heterocycles. The van der Waals surface area contributed by atoms with Crippen molar-refractivity contribution in [2.75, 3.05) is 30.9 Å². The summed E-state index contributed by atoms with van der Waals surface area (Å²) >= 11 is 0. The number of aliphatic hydroxyl groups is 1. The predicted octanol–water partition coefficient (Wildman–Crippen LogP) is 0.320. The van der Waals surface area contributed by atoms with Crippen LogP contribution >= 0.6 is 0 Å². The van der Waals surface area contributed by atoms with Gasteiger partial charge in [-0.2, -0.15) is 0 Å². The van der Waals surface area contributed by atoms with Crippen LogP contribution in [0, 0.1) is 0 Å². The molecule has 0 fully saturated rings. The van der Waals surface area contributed by atoms with E-state index in [0.29, 0.717) is 5.69 Å². The van der Waals surface area contributed by atoms with E-state index in [1.165, 1.54) is 0 Å². The van der Waals surface area contributed by atoms with Gasteiger partial charge in [-0.3, -0.25) is 0 Å². The number of carboxylic acids is 1. The Morgan fingerprint density at radius 1 is 1.32 bits per heavy atom. The molecule has 1 atom stereocenters. The van der Waals surface area contributed by atoms with E-state index in [1.807, 2.05) is 31.1 Å². The van der Waals surface area contributed by atoms with Crippen molar-refractivity contribution in [3.05, 3.63) is 24.3 Å². The van der Waals surface area contributed by atoms with E-state index in [4.69, 9.17) is 10.2 Å². The molecule has 1 aromatic rings. The number of benzene rings is 1. The fourth-order valence-corrected chi connectivity index (χ4v) is 1.41. The van der Waals surface area contributed by atoms with Crippen molar-refractivity contribution in [3.8, 4) is 0 Å². The van der Waals surface area contributed by atoms with Crippen LogP contribution in [0.5, 0.6) is 0 Å². The number of rotatable bonds is 5. The monoisotopic (exact) mass is 267 g/mol. The minimum Gasteiger partial charge on any atom is -0.479 e. The first kappa shape index (κ1) is 14.8. The maximum absolute atomic E-state index is 11.6. The number of carbonyl (C=O) groups excluding carboxylic acids is 1. The number of aliphatic hydroxyl groups excluding tert-OH is 1. The lowest BCUT2D eigenvalue weighted by atomic mass is 10.2. The highest BCUT2D eigenvalue weighted by molar-refractivity contribution is 5.93. The summed E-state index contributed by atoms with van der Waals surface area (Å²) in [4.78, 5) is 23.8. The largest absolute Gasteiger partial charge is 0.479 e. The molecule has 0 spiro atoms. The van der Waals surface area contributed by atoms with Gasteiger partial charge < -0.3 is 25.7 Å². The van der Waals surface area contributed by atoms with Crippen molar-refractivity contribution < 1.29 is 19.8 Å². The van der Waals surface area contributed by atoms with Crippen molar-refractivity contribution in [1.82, 2.24) is 5.32 Å². The molecule has 2 amide bonds. The van der Waals surface area contributed by atoms with Gasteiger partial charge in [-0.15, -0.1) is 0 Å². The number of hydrogen-bond acceptors (Lipinski definition) is 4. The highest BCUT2D eigenvalue weighted by Crippen LogP contribution is 2.23. The second-order valence-electron chi connectivity index (χ2n) is 4.10. The van der Waals surface area contributed by atoms with Crippen LogP contribution in [0.3, 0.4) is 0 Å². The molecule has 0 unspecified atom stereocenters. The molecule has 0 radical (unpaired) electrons. The molecule has 7 heteroatoms. The minimum atomic E-state index is -1.62. The summed E-state index contributed by atoms with van der Waals surface area (Å²) in [5.41, 5.74) is 1.41. The molecule has 104 valence electrons. The zero-order chi connectivity index (χ0) is 14.4. The Morgan fingerprint density at radius 3 is 2.53 bits per heavy atom. The highest BCUT2D eigenvalue weighted by atomic mass is 16.4. The molecule has 0 saturated carbocycles. The van der Waals surface area contributed by atoms with Crippen LogP contribution in [0.15, 0.2) is 24.3 Å². The summed E-state index contributed by atoms with van der Waals surface area (Å²) in [6.07, 6.45) is -1.62. The van der Waals surface area contributed by atoms with Crippen molar-refractivity contribution in [2.24, 2.45) is 0 Å². The first-order chi connectivity index (χ1) is 8.91. The summed E-state index contributed by atoms with van der Waals surface area (Å²) < 4.78 is 0. The lowest BCUT2D eigenvalue weighted by Crippen LogP contribution is -2.38. The molecule has 1 rings (SSSR count). The van der Waals surface area contributed by atoms with Crippen LogP contribution in [0.2, 0.25) is 0 Å². The molecule has 19 heavy (non-hydrogen) atoms. The van der Waals surface area contributed by atoms with E-state index >= 15 is 0 Å². The van der Waals surface area contributed by atoms with Crippen LogP contribution in [-0.2, 0) is 4.79 Å². The molecule has 0 aliphatic heterocycles. The van der Waals surface area contributed by atoms with E-state index in [-0.39, 0.29) is 6.54 Å². The van der Waals surface area contributed by atoms with Crippen LogP contribution in [-0.4, -0.2) is 49.0 Å². The smallest absolute Gasteiger partial charge is 0.334 e. The summed E-state index contributed by atoms with van der Waals surface area (Å²) in [6, 6.07) is 6.60. The third-order valence-electron chi connectivity index (χ3n) is 2.38. The molecular formula is C12H17N3O4. The number of hydrogen-bond donors (Lipinski definition) is 4. The highest BCUT2D eigenvalue weighted by Gasteiger charge is 2.14. The van der Waals surface area contributed by atoms with Gasteiger partial charge in [0.1, 0.15) is 0 Å². The second-order valence-corrected chi connectivity index (χ2v) is 4.10. The van der Waals surface area contributed by atoms with Crippen molar-refractivity contribution in [2.45, 2.75) is 6.10 Å². The van der Waals surface area contributed by atoms with Gasteiger partial charge >= 0.3 is 12.0 Å². The van der Waals surface area contributed by atoms with Crippen LogP contribution in [0.25, 0.3) is 0 Å². The first-order valence-corrected chi connectivity index (χ1v) is 5.64. The maximum atomic E-state index is 11.6. The molecule has 0 aliphatic carbocycles. The van der Waals surface area contributed by atoms with Gasteiger partial charge in [0.05, 0.1) is 17.9 Å². The van der Waals surface area contributed by atoms with Crippen molar-refractivity contribution in [1.29, 1.82) is 0 Å². The molecule has 0 aromatic heterocycles. The number of nitrogens with one attached hydrogen (secondary N) is 2. The maximum Gasteiger partial charge on any atom is 0.334 e. The minimum absolute atomic E-state index is 0.356. The number of carbonyl (C=O) groups is 2. The van der Waals surface area contributed by atoms with Gasteiger partial charge in [0.15, 0.2) is 6.10 Å². The standard InChI is InChI=1S/C12H17N3O4/c1-15(2)9-6-4-3-5-8(9)14-12(19)13-7-10(16)11(17)18/h3-6,10,16H,7H2,1-2H3,(H,17,18)(H2,13,14,19)/t10-/m0/s1. The summed E-state index contributed by atoms with van der Waals surface area (Å²) in [5, 5.41) is 22.4. The quantitative estimate of drug-likeness (QED) is 0.615. The Labute approximate surface area is 110 Å². The molecule has 0 aliphatic rings. The zero-order valence-electron chi connectivity index (χ0n) is 10.8. The molecule has 4 N–H and O–H groups in total. The lowest BCUT2D eigenvalue weighted by Gasteiger charge is -2.18. The lowest BCUT2D eigenvalue weighted by molar-refractivity contribution is -0.146. The van der Waals surface area contributed by atoms with Gasteiger partial charge in [0.25, 0.3) is 0 Å². The molecule has 0 bridgehead atoms. The summed E-state index contributed by atoms with van der Waals surface area (Å²) in [7, 11) is 3.68. The number of para-hydroxylation sites is 2. The van der Waals surface area contributed by atoms with Crippen LogP contribution < -0.4 is 15.5 Å².